The van der Waals surface area contributed by atoms with Gasteiger partial charge in [-0.05, 0) is 12.8 Å². The van der Waals surface area contributed by atoms with Gasteiger partial charge in [0, 0.05) is 11.6 Å². The summed E-state index contributed by atoms with van der Waals surface area (Å²) in [6.45, 7) is 0. The van der Waals surface area contributed by atoms with Gasteiger partial charge in [0.2, 0.25) is 0 Å². The number of rotatable bonds is 4. The number of nitrogens with zero attached hydrogens (tertiary/aromatic N) is 2. The van der Waals surface area contributed by atoms with Gasteiger partial charge in [-0.2, -0.15) is 0 Å². The van der Waals surface area contributed by atoms with E-state index >= 15 is 0 Å². The van der Waals surface area contributed by atoms with E-state index in [0.29, 0.717) is 4.96 Å². The molecular formula is C10H12ClN3O3S2. The predicted octanol–water partition coefficient (Wildman–Crippen LogP) is 2.20. The van der Waals surface area contributed by atoms with Crippen molar-refractivity contribution in [2.45, 2.75) is 36.8 Å². The number of aromatic nitrogens is 2. The van der Waals surface area contributed by atoms with Crippen molar-refractivity contribution in [2.24, 2.45) is 0 Å². The van der Waals surface area contributed by atoms with E-state index in [1.54, 1.807) is 11.6 Å². The molecule has 0 unspecified atom stereocenters. The number of hydrogen-bond donors (Lipinski definition) is 1. The average molecular weight is 322 g/mol. The Kier molecular flexibility index (Phi) is 3.52. The summed E-state index contributed by atoms with van der Waals surface area (Å²) in [5.41, 5.74) is 0. The smallest absolute Gasteiger partial charge is 0.281 e. The first kappa shape index (κ1) is 13.3. The summed E-state index contributed by atoms with van der Waals surface area (Å²) in [6, 6.07) is 0. The zero-order valence-electron chi connectivity index (χ0n) is 9.87. The van der Waals surface area contributed by atoms with Crippen LogP contribution >= 0.6 is 22.9 Å². The molecule has 0 atom stereocenters. The Hall–Kier alpha value is -0.670. The fourth-order valence-electron chi connectivity index (χ4n) is 2.16. The molecule has 2 heterocycles. The van der Waals surface area contributed by atoms with Crippen LogP contribution in [0.1, 0.15) is 25.7 Å². The number of hydrogen-bond acceptors (Lipinski definition) is 5. The molecule has 9 heteroatoms. The van der Waals surface area contributed by atoms with Gasteiger partial charge < -0.3 is 0 Å². The van der Waals surface area contributed by atoms with Crippen molar-refractivity contribution in [2.75, 3.05) is 0 Å². The fourth-order valence-corrected chi connectivity index (χ4v) is 4.47. The second kappa shape index (κ2) is 5.02. The average Bonchev–Trinajstić information content (AvgIpc) is 3.01. The van der Waals surface area contributed by atoms with Crippen LogP contribution in [-0.2, 0) is 14.9 Å². The Balaban J connectivity index is 1.86. The third-order valence-electron chi connectivity index (χ3n) is 3.06. The standard InChI is InChI=1S/C10H12ClN3O3S2/c11-8-9(14-5-6-18-10(14)12-8)19(15,16)13-17-7-3-1-2-4-7/h5-7,13H,1-4H2. The molecule has 0 amide bonds. The van der Waals surface area contributed by atoms with Crippen molar-refractivity contribution in [3.8, 4) is 0 Å². The molecule has 6 nitrogen and oxygen atoms in total. The zero-order valence-corrected chi connectivity index (χ0v) is 12.3. The van der Waals surface area contributed by atoms with Crippen LogP contribution in [0, 0.1) is 0 Å². The normalized spacial score (nSPS) is 17.5. The summed E-state index contributed by atoms with van der Waals surface area (Å²) in [4.78, 5) is 11.9. The highest BCUT2D eigenvalue weighted by Crippen LogP contribution is 2.26. The van der Waals surface area contributed by atoms with Gasteiger partial charge in [0.15, 0.2) is 15.1 Å². The first-order valence-corrected chi connectivity index (χ1v) is 8.60. The minimum Gasteiger partial charge on any atom is -0.283 e. The van der Waals surface area contributed by atoms with Crippen molar-refractivity contribution in [1.82, 2.24) is 14.3 Å². The molecule has 0 saturated heterocycles. The van der Waals surface area contributed by atoms with Crippen LogP contribution in [0.15, 0.2) is 16.6 Å². The van der Waals surface area contributed by atoms with E-state index in [1.807, 2.05) is 0 Å². The second-order valence-electron chi connectivity index (χ2n) is 4.37. The van der Waals surface area contributed by atoms with Crippen LogP contribution in [0.4, 0.5) is 0 Å². The van der Waals surface area contributed by atoms with E-state index in [9.17, 15) is 8.42 Å². The third-order valence-corrected chi connectivity index (χ3v) is 5.41. The van der Waals surface area contributed by atoms with Gasteiger partial charge in [0.25, 0.3) is 10.0 Å². The summed E-state index contributed by atoms with van der Waals surface area (Å²) in [5.74, 6) is 0. The van der Waals surface area contributed by atoms with Gasteiger partial charge in [0.05, 0.1) is 6.10 Å². The Morgan fingerprint density at radius 3 is 2.95 bits per heavy atom. The molecule has 1 aliphatic rings. The predicted molar refractivity (Wildman–Crippen MR) is 71.7 cm³/mol. The molecule has 2 aromatic rings. The molecule has 0 aromatic carbocycles. The van der Waals surface area contributed by atoms with Crippen LogP contribution < -0.4 is 4.89 Å². The first-order valence-electron chi connectivity index (χ1n) is 5.86. The summed E-state index contributed by atoms with van der Waals surface area (Å²) in [6.07, 6.45) is 5.43. The third kappa shape index (κ3) is 2.50. The first-order chi connectivity index (χ1) is 9.08. The Labute approximate surface area is 119 Å². The molecular weight excluding hydrogens is 310 g/mol. The lowest BCUT2D eigenvalue weighted by Crippen LogP contribution is -2.29. The van der Waals surface area contributed by atoms with E-state index < -0.39 is 10.0 Å². The maximum absolute atomic E-state index is 12.2. The number of fused-ring (bicyclic) bond motifs is 1. The summed E-state index contributed by atoms with van der Waals surface area (Å²) < 4.78 is 25.8. The molecule has 0 radical (unpaired) electrons. The van der Waals surface area contributed by atoms with Crippen LogP contribution in [0.25, 0.3) is 4.96 Å². The quantitative estimate of drug-likeness (QED) is 0.876. The van der Waals surface area contributed by atoms with Gasteiger partial charge in [-0.15, -0.1) is 11.3 Å². The fraction of sp³-hybridized carbons (Fsp3) is 0.500. The maximum atomic E-state index is 12.2. The molecule has 1 N–H and O–H groups in total. The summed E-state index contributed by atoms with van der Waals surface area (Å²) >= 11 is 7.21. The SMILES string of the molecule is O=S(=O)(NOC1CCCC1)c1c(Cl)nc2sccn12. The molecule has 3 rings (SSSR count). The minimum absolute atomic E-state index is 0.0469. The lowest BCUT2D eigenvalue weighted by Gasteiger charge is -2.11. The van der Waals surface area contributed by atoms with Crippen LogP contribution in [0.2, 0.25) is 5.15 Å². The van der Waals surface area contributed by atoms with Gasteiger partial charge in [-0.3, -0.25) is 9.24 Å². The molecule has 1 saturated carbocycles. The van der Waals surface area contributed by atoms with Crippen LogP contribution in [-0.4, -0.2) is 23.9 Å². The largest absolute Gasteiger partial charge is 0.283 e. The molecule has 104 valence electrons. The van der Waals surface area contributed by atoms with Crippen molar-refractivity contribution in [3.63, 3.8) is 0 Å². The van der Waals surface area contributed by atoms with Gasteiger partial charge in [-0.25, -0.2) is 13.4 Å². The van der Waals surface area contributed by atoms with Crippen molar-refractivity contribution < 1.29 is 13.3 Å². The molecule has 1 fully saturated rings. The Morgan fingerprint density at radius 1 is 1.47 bits per heavy atom. The van der Waals surface area contributed by atoms with Crippen molar-refractivity contribution >= 4 is 37.9 Å². The second-order valence-corrected chi connectivity index (χ2v) is 7.17. The molecule has 0 spiro atoms. The van der Waals surface area contributed by atoms with E-state index in [2.05, 4.69) is 9.87 Å². The molecule has 2 aromatic heterocycles. The lowest BCUT2D eigenvalue weighted by atomic mass is 10.3. The Morgan fingerprint density at radius 2 is 2.21 bits per heavy atom. The topological polar surface area (TPSA) is 72.7 Å². The number of thiazole rings is 1. The summed E-state index contributed by atoms with van der Waals surface area (Å²) in [7, 11) is -3.83. The number of nitrogens with one attached hydrogen (secondary N) is 1. The van der Waals surface area contributed by atoms with E-state index in [0.717, 1.165) is 25.7 Å². The van der Waals surface area contributed by atoms with E-state index in [-0.39, 0.29) is 16.3 Å². The van der Waals surface area contributed by atoms with Crippen molar-refractivity contribution in [3.05, 3.63) is 16.7 Å². The number of halogens is 1. The van der Waals surface area contributed by atoms with Gasteiger partial charge in [0.1, 0.15) is 0 Å². The highest BCUT2D eigenvalue weighted by atomic mass is 35.5. The maximum Gasteiger partial charge on any atom is 0.281 e. The minimum atomic E-state index is -3.83. The zero-order chi connectivity index (χ0) is 13.5. The molecule has 0 aliphatic heterocycles. The monoisotopic (exact) mass is 321 g/mol. The van der Waals surface area contributed by atoms with Gasteiger partial charge >= 0.3 is 0 Å². The molecule has 1 aliphatic carbocycles. The van der Waals surface area contributed by atoms with Crippen molar-refractivity contribution in [1.29, 1.82) is 0 Å². The number of sulfonamides is 1. The van der Waals surface area contributed by atoms with Crippen LogP contribution in [0.5, 0.6) is 0 Å². The summed E-state index contributed by atoms with van der Waals surface area (Å²) in [5, 5.41) is 1.62. The molecule has 19 heavy (non-hydrogen) atoms. The molecule has 0 bridgehead atoms. The van der Waals surface area contributed by atoms with Crippen LogP contribution in [0.3, 0.4) is 0 Å². The van der Waals surface area contributed by atoms with E-state index in [4.69, 9.17) is 16.4 Å². The lowest BCUT2D eigenvalue weighted by molar-refractivity contribution is 0.0222. The highest BCUT2D eigenvalue weighted by molar-refractivity contribution is 7.89. The van der Waals surface area contributed by atoms with E-state index in [1.165, 1.54) is 15.7 Å². The van der Waals surface area contributed by atoms with Gasteiger partial charge in [-0.1, -0.05) is 29.3 Å². The highest BCUT2D eigenvalue weighted by Gasteiger charge is 2.27. The number of imidazole rings is 1. The Bertz CT molecular complexity index is 688.